The number of aromatic nitrogens is 2. The van der Waals surface area contributed by atoms with Crippen molar-refractivity contribution in [2.24, 2.45) is 0 Å². The van der Waals surface area contributed by atoms with Crippen LogP contribution in [0.25, 0.3) is 0 Å². The fourth-order valence-corrected chi connectivity index (χ4v) is 3.88. The lowest BCUT2D eigenvalue weighted by Crippen LogP contribution is -2.22. The molecule has 0 amide bonds. The summed E-state index contributed by atoms with van der Waals surface area (Å²) in [5.74, 6) is -0.559. The molecule has 0 saturated carbocycles. The third-order valence-electron chi connectivity index (χ3n) is 3.80. The van der Waals surface area contributed by atoms with E-state index in [4.69, 9.17) is 0 Å². The molecule has 1 heterocycles. The van der Waals surface area contributed by atoms with E-state index in [0.29, 0.717) is 23.7 Å². The van der Waals surface area contributed by atoms with E-state index in [0.717, 1.165) is 0 Å². The van der Waals surface area contributed by atoms with Gasteiger partial charge in [0.1, 0.15) is 0 Å². The molecule has 1 aliphatic rings. The van der Waals surface area contributed by atoms with Crippen molar-refractivity contribution in [3.63, 3.8) is 0 Å². The minimum Gasteiger partial charge on any atom is -0.247 e. The maximum atomic E-state index is 13.3. The van der Waals surface area contributed by atoms with Crippen LogP contribution in [0.4, 0.5) is 19.1 Å². The predicted molar refractivity (Wildman–Crippen MR) is 88.6 cm³/mol. The van der Waals surface area contributed by atoms with Crippen molar-refractivity contribution < 1.29 is 21.6 Å². The van der Waals surface area contributed by atoms with Gasteiger partial charge in [-0.15, -0.1) is 0 Å². The van der Waals surface area contributed by atoms with Crippen molar-refractivity contribution in [3.05, 3.63) is 45.7 Å². The molecule has 10 heteroatoms. The number of nitrogens with zero attached hydrogens (tertiary/aromatic N) is 2. The van der Waals surface area contributed by atoms with Gasteiger partial charge in [-0.3, -0.25) is 0 Å². The van der Waals surface area contributed by atoms with E-state index in [1.807, 2.05) is 0 Å². The Kier molecular flexibility index (Phi) is 4.76. The first-order valence-corrected chi connectivity index (χ1v) is 9.70. The summed E-state index contributed by atoms with van der Waals surface area (Å²) in [6, 6.07) is 5.69. The fraction of sp³-hybridized carbons (Fsp3) is 0.333. The van der Waals surface area contributed by atoms with E-state index in [9.17, 15) is 21.6 Å². The van der Waals surface area contributed by atoms with Gasteiger partial charge in [-0.05, 0) is 49.9 Å². The zero-order valence-corrected chi connectivity index (χ0v) is 15.2. The first kappa shape index (κ1) is 18.1. The van der Waals surface area contributed by atoms with Crippen LogP contribution in [-0.2, 0) is 29.0 Å². The minimum atomic E-state index is -4.66. The van der Waals surface area contributed by atoms with Crippen molar-refractivity contribution in [1.29, 1.82) is 0 Å². The highest BCUT2D eigenvalue weighted by atomic mass is 79.9. The Labute approximate surface area is 150 Å². The van der Waals surface area contributed by atoms with Crippen LogP contribution in [-0.4, -0.2) is 18.4 Å². The zero-order chi connectivity index (χ0) is 18.2. The highest BCUT2D eigenvalue weighted by Gasteiger charge is 2.38. The van der Waals surface area contributed by atoms with Gasteiger partial charge in [0.05, 0.1) is 4.90 Å². The largest absolute Gasteiger partial charge is 0.433 e. The molecule has 0 bridgehead atoms. The van der Waals surface area contributed by atoms with Crippen LogP contribution in [0, 0.1) is 0 Å². The standard InChI is InChI=1S/C15H13BrF3N3O2S/c16-9-5-7-10(8-6-9)25(23,24)22-14-20-12-4-2-1-3-11(12)13(21-14)15(17,18)19/h5-8H,1-4H2,(H,20,21,22). The van der Waals surface area contributed by atoms with Gasteiger partial charge < -0.3 is 0 Å². The number of benzene rings is 1. The summed E-state index contributed by atoms with van der Waals surface area (Å²) in [5, 5.41) is 0. The van der Waals surface area contributed by atoms with Crippen molar-refractivity contribution >= 4 is 31.9 Å². The van der Waals surface area contributed by atoms with Crippen molar-refractivity contribution in [2.45, 2.75) is 36.8 Å². The van der Waals surface area contributed by atoms with Gasteiger partial charge in [0.25, 0.3) is 10.0 Å². The van der Waals surface area contributed by atoms with Crippen LogP contribution in [0.5, 0.6) is 0 Å². The Morgan fingerprint density at radius 1 is 1.04 bits per heavy atom. The first-order chi connectivity index (χ1) is 11.7. The van der Waals surface area contributed by atoms with Gasteiger partial charge in [0.2, 0.25) is 5.95 Å². The summed E-state index contributed by atoms with van der Waals surface area (Å²) < 4.78 is 67.3. The molecule has 0 aliphatic heterocycles. The third-order valence-corrected chi connectivity index (χ3v) is 5.67. The molecular formula is C15H13BrF3N3O2S. The molecular weight excluding hydrogens is 423 g/mol. The number of anilines is 1. The van der Waals surface area contributed by atoms with Crippen LogP contribution in [0.2, 0.25) is 0 Å². The van der Waals surface area contributed by atoms with E-state index in [2.05, 4.69) is 30.6 Å². The lowest BCUT2D eigenvalue weighted by atomic mass is 9.94. The number of nitrogens with one attached hydrogen (secondary N) is 1. The van der Waals surface area contributed by atoms with Crippen LogP contribution in [0.3, 0.4) is 0 Å². The molecule has 0 unspecified atom stereocenters. The highest BCUT2D eigenvalue weighted by Crippen LogP contribution is 2.35. The Hall–Kier alpha value is -1.68. The van der Waals surface area contributed by atoms with Crippen molar-refractivity contribution in [1.82, 2.24) is 9.97 Å². The van der Waals surface area contributed by atoms with Gasteiger partial charge in [0.15, 0.2) is 5.69 Å². The molecule has 0 saturated heterocycles. The Morgan fingerprint density at radius 3 is 2.32 bits per heavy atom. The zero-order valence-electron chi connectivity index (χ0n) is 12.8. The van der Waals surface area contributed by atoms with Crippen molar-refractivity contribution in [3.8, 4) is 0 Å². The third kappa shape index (κ3) is 3.95. The van der Waals surface area contributed by atoms with Gasteiger partial charge in [-0.25, -0.2) is 23.1 Å². The van der Waals surface area contributed by atoms with Crippen LogP contribution in [0.1, 0.15) is 29.8 Å². The van der Waals surface area contributed by atoms with Crippen LogP contribution < -0.4 is 4.72 Å². The van der Waals surface area contributed by atoms with Crippen molar-refractivity contribution in [2.75, 3.05) is 4.72 Å². The molecule has 25 heavy (non-hydrogen) atoms. The normalized spacial score (nSPS) is 14.9. The molecule has 1 aromatic heterocycles. The number of alkyl halides is 3. The lowest BCUT2D eigenvalue weighted by molar-refractivity contribution is -0.142. The quantitative estimate of drug-likeness (QED) is 0.792. The topological polar surface area (TPSA) is 72.0 Å². The van der Waals surface area contributed by atoms with Crippen LogP contribution in [0.15, 0.2) is 33.6 Å². The second-order valence-corrected chi connectivity index (χ2v) is 8.18. The molecule has 1 N–H and O–H groups in total. The van der Waals surface area contributed by atoms with E-state index in [-0.39, 0.29) is 22.6 Å². The fourth-order valence-electron chi connectivity index (χ4n) is 2.67. The maximum absolute atomic E-state index is 13.3. The summed E-state index contributed by atoms with van der Waals surface area (Å²) >= 11 is 3.19. The summed E-state index contributed by atoms with van der Waals surface area (Å²) in [4.78, 5) is 7.36. The number of aryl methyl sites for hydroxylation is 1. The number of sulfonamides is 1. The van der Waals surface area contributed by atoms with E-state index in [1.54, 1.807) is 0 Å². The monoisotopic (exact) mass is 435 g/mol. The summed E-state index contributed by atoms with van der Waals surface area (Å²) in [6.07, 6.45) is -2.72. The lowest BCUT2D eigenvalue weighted by Gasteiger charge is -2.20. The van der Waals surface area contributed by atoms with Crippen LogP contribution >= 0.6 is 15.9 Å². The highest BCUT2D eigenvalue weighted by molar-refractivity contribution is 9.10. The molecule has 1 aromatic carbocycles. The number of hydrogen-bond acceptors (Lipinski definition) is 4. The summed E-state index contributed by atoms with van der Waals surface area (Å²) in [6.45, 7) is 0. The molecule has 0 fully saturated rings. The predicted octanol–water partition coefficient (Wildman–Crippen LogP) is 3.94. The number of rotatable bonds is 3. The molecule has 3 rings (SSSR count). The SMILES string of the molecule is O=S(=O)(Nc1nc2c(c(C(F)(F)F)n1)CCCC2)c1ccc(Br)cc1. The van der Waals surface area contributed by atoms with Gasteiger partial charge in [-0.1, -0.05) is 15.9 Å². The molecule has 134 valence electrons. The van der Waals surface area contributed by atoms with Gasteiger partial charge in [-0.2, -0.15) is 13.2 Å². The minimum absolute atomic E-state index is 0.0605. The first-order valence-electron chi connectivity index (χ1n) is 7.42. The van der Waals surface area contributed by atoms with E-state index < -0.39 is 27.8 Å². The summed E-state index contributed by atoms with van der Waals surface area (Å²) in [5.41, 5.74) is -0.752. The average Bonchev–Trinajstić information content (AvgIpc) is 2.53. The smallest absolute Gasteiger partial charge is 0.247 e. The molecule has 5 nitrogen and oxygen atoms in total. The van der Waals surface area contributed by atoms with Gasteiger partial charge >= 0.3 is 6.18 Å². The molecule has 0 radical (unpaired) electrons. The maximum Gasteiger partial charge on any atom is 0.433 e. The van der Waals surface area contributed by atoms with E-state index >= 15 is 0 Å². The van der Waals surface area contributed by atoms with E-state index in [1.165, 1.54) is 24.3 Å². The Morgan fingerprint density at radius 2 is 1.68 bits per heavy atom. The Bertz CT molecular complexity index is 899. The second kappa shape index (κ2) is 6.56. The summed E-state index contributed by atoms with van der Waals surface area (Å²) in [7, 11) is -4.08. The average molecular weight is 436 g/mol. The molecule has 0 atom stereocenters. The van der Waals surface area contributed by atoms with Gasteiger partial charge in [0, 0.05) is 15.7 Å². The number of hydrogen-bond donors (Lipinski definition) is 1. The molecule has 1 aliphatic carbocycles. The molecule has 2 aromatic rings. The number of halogens is 4. The molecule has 0 spiro atoms. The second-order valence-electron chi connectivity index (χ2n) is 5.59. The Balaban J connectivity index is 2.01. The number of fused-ring (bicyclic) bond motifs is 1.